The second-order valence-corrected chi connectivity index (χ2v) is 15.6. The van der Waals surface area contributed by atoms with E-state index in [9.17, 15) is 28.0 Å². The van der Waals surface area contributed by atoms with Gasteiger partial charge in [0.25, 0.3) is 11.8 Å². The van der Waals surface area contributed by atoms with E-state index in [1.54, 1.807) is 12.1 Å². The molecule has 0 bridgehead atoms. The molecule has 2 aromatic heterocycles. The molecule has 4 aliphatic rings. The first-order valence-electron chi connectivity index (χ1n) is 16.1. The zero-order valence-corrected chi connectivity index (χ0v) is 29.3. The maximum absolute atomic E-state index is 13.5. The number of amides is 4. The number of rotatable bonds is 6. The number of halogens is 4. The van der Waals surface area contributed by atoms with Crippen molar-refractivity contribution in [1.82, 2.24) is 31.2 Å². The van der Waals surface area contributed by atoms with Crippen LogP contribution in [0.15, 0.2) is 48.8 Å². The lowest BCUT2D eigenvalue weighted by molar-refractivity contribution is -0.122. The zero-order valence-electron chi connectivity index (χ0n) is 26.2. The Morgan fingerprint density at radius 2 is 1.10 bits per heavy atom. The van der Waals surface area contributed by atoms with Crippen LogP contribution in [0.2, 0.25) is 10.0 Å². The molecule has 2 aliphatic heterocycles. The van der Waals surface area contributed by atoms with Gasteiger partial charge in [0.1, 0.15) is 43.5 Å². The van der Waals surface area contributed by atoms with Gasteiger partial charge in [0.15, 0.2) is 0 Å². The Labute approximate surface area is 303 Å². The Hall–Kier alpha value is -3.98. The highest BCUT2D eigenvalue weighted by atomic mass is 35.5. The molecule has 0 unspecified atom stereocenters. The smallest absolute Gasteiger partial charge is 0.263 e. The van der Waals surface area contributed by atoms with Crippen LogP contribution >= 0.6 is 45.9 Å². The van der Waals surface area contributed by atoms with E-state index in [1.165, 1.54) is 36.7 Å². The van der Waals surface area contributed by atoms with Crippen molar-refractivity contribution >= 4 is 69.5 Å². The molecule has 4 fully saturated rings. The minimum atomic E-state index is -0.492. The van der Waals surface area contributed by atoms with E-state index in [2.05, 4.69) is 31.2 Å². The molecule has 8 rings (SSSR count). The van der Waals surface area contributed by atoms with Crippen molar-refractivity contribution < 1.29 is 28.0 Å². The van der Waals surface area contributed by atoms with Gasteiger partial charge in [-0.3, -0.25) is 19.2 Å². The SMILES string of the molecule is O=C(N[C@@H]1C(=O)N[C@@H]2CCC[C@H]12)c1cnc(-c2cc(F)cc(Cl)c2)s1.O=C(N[C@H]1C(=O)N[C@H]2CCC[C@H]21)c1cnc(-c2cc(F)cc(Cl)c2)s1. The maximum atomic E-state index is 13.5. The van der Waals surface area contributed by atoms with Gasteiger partial charge in [0, 0.05) is 45.1 Å². The molecular weight excluding hydrogens is 729 g/mol. The average Bonchev–Trinajstić information content (AvgIpc) is 3.90. The van der Waals surface area contributed by atoms with E-state index in [0.717, 1.165) is 61.2 Å². The summed E-state index contributed by atoms with van der Waals surface area (Å²) < 4.78 is 27.0. The highest BCUT2D eigenvalue weighted by Crippen LogP contribution is 2.35. The van der Waals surface area contributed by atoms with Crippen LogP contribution in [0.3, 0.4) is 0 Å². The summed E-state index contributed by atoms with van der Waals surface area (Å²) in [5, 5.41) is 13.1. The Kier molecular flexibility index (Phi) is 9.88. The second kappa shape index (κ2) is 14.3. The van der Waals surface area contributed by atoms with E-state index in [1.807, 2.05) is 0 Å². The first-order valence-corrected chi connectivity index (χ1v) is 18.5. The molecule has 4 amide bonds. The van der Waals surface area contributed by atoms with Crippen LogP contribution in [-0.4, -0.2) is 57.8 Å². The lowest BCUT2D eigenvalue weighted by Crippen LogP contribution is -2.43. The maximum Gasteiger partial charge on any atom is 0.263 e. The van der Waals surface area contributed by atoms with Gasteiger partial charge in [-0.2, -0.15) is 0 Å². The fourth-order valence-corrected chi connectivity index (χ4v) is 9.27. The lowest BCUT2D eigenvalue weighted by Gasteiger charge is -2.16. The van der Waals surface area contributed by atoms with Crippen LogP contribution in [0, 0.1) is 23.5 Å². The number of thiazole rings is 2. The Balaban J connectivity index is 0.000000157. The van der Waals surface area contributed by atoms with Gasteiger partial charge in [-0.1, -0.05) is 36.0 Å². The van der Waals surface area contributed by atoms with Crippen molar-refractivity contribution in [1.29, 1.82) is 0 Å². The molecule has 2 aromatic carbocycles. The molecule has 260 valence electrons. The predicted octanol–water partition coefficient (Wildman–Crippen LogP) is 6.00. The number of nitrogens with one attached hydrogen (secondary N) is 4. The second-order valence-electron chi connectivity index (χ2n) is 12.7. The van der Waals surface area contributed by atoms with Gasteiger partial charge >= 0.3 is 0 Å². The third-order valence-electron chi connectivity index (χ3n) is 9.47. The van der Waals surface area contributed by atoms with Gasteiger partial charge in [-0.05, 0) is 62.1 Å². The molecular formula is C34H30Cl2F2N6O4S2. The van der Waals surface area contributed by atoms with Crippen LogP contribution in [0.5, 0.6) is 0 Å². The fraction of sp³-hybridized carbons (Fsp3) is 0.353. The van der Waals surface area contributed by atoms with E-state index in [0.29, 0.717) is 30.9 Å². The molecule has 10 nitrogen and oxygen atoms in total. The molecule has 2 aliphatic carbocycles. The Morgan fingerprint density at radius 3 is 1.50 bits per heavy atom. The number of aromatic nitrogens is 2. The largest absolute Gasteiger partial charge is 0.351 e. The number of hydrogen-bond donors (Lipinski definition) is 4. The number of carbonyl (C=O) groups is 4. The van der Waals surface area contributed by atoms with Gasteiger partial charge < -0.3 is 21.3 Å². The number of carbonyl (C=O) groups excluding carboxylic acids is 4. The number of hydrogen-bond acceptors (Lipinski definition) is 8. The molecule has 4 N–H and O–H groups in total. The van der Waals surface area contributed by atoms with Gasteiger partial charge in [-0.15, -0.1) is 22.7 Å². The highest BCUT2D eigenvalue weighted by molar-refractivity contribution is 7.17. The van der Waals surface area contributed by atoms with Crippen LogP contribution in [0.25, 0.3) is 21.1 Å². The standard InChI is InChI=1S/2C17H15ClFN3O2S/c2*18-9-4-8(5-10(19)6-9)17-20-7-13(25-17)15(23)22-14-11-2-1-3-12(11)21-16(14)24/h2*4-7,11-12,14H,1-3H2,(H,21,24)(H,22,23)/t2*11-,12+,14-/m10/s1. The fourth-order valence-electron chi connectivity index (χ4n) is 7.22. The van der Waals surface area contributed by atoms with Crippen molar-refractivity contribution in [3.8, 4) is 21.1 Å². The molecule has 2 saturated carbocycles. The Morgan fingerprint density at radius 1 is 0.680 bits per heavy atom. The van der Waals surface area contributed by atoms with E-state index >= 15 is 0 Å². The van der Waals surface area contributed by atoms with Crippen LogP contribution in [-0.2, 0) is 9.59 Å². The van der Waals surface area contributed by atoms with Gasteiger partial charge in [0.05, 0.1) is 12.4 Å². The number of benzene rings is 2. The summed E-state index contributed by atoms with van der Waals surface area (Å²) in [4.78, 5) is 58.2. The van der Waals surface area contributed by atoms with Crippen molar-refractivity contribution in [2.24, 2.45) is 11.8 Å². The molecule has 2 saturated heterocycles. The minimum Gasteiger partial charge on any atom is -0.351 e. The summed E-state index contributed by atoms with van der Waals surface area (Å²) in [7, 11) is 0. The topological polar surface area (TPSA) is 142 Å². The van der Waals surface area contributed by atoms with Gasteiger partial charge in [0.2, 0.25) is 11.8 Å². The Bertz CT molecular complexity index is 1810. The minimum absolute atomic E-state index is 0.121. The summed E-state index contributed by atoms with van der Waals surface area (Å²) in [5.41, 5.74) is 1.03. The summed E-state index contributed by atoms with van der Waals surface area (Å²) in [6, 6.07) is 7.61. The highest BCUT2D eigenvalue weighted by Gasteiger charge is 2.46. The van der Waals surface area contributed by atoms with Crippen LogP contribution in [0.4, 0.5) is 8.78 Å². The van der Waals surface area contributed by atoms with E-state index in [-0.39, 0.29) is 57.6 Å². The molecule has 0 spiro atoms. The van der Waals surface area contributed by atoms with Crippen LogP contribution < -0.4 is 21.3 Å². The first kappa shape index (κ1) is 34.5. The summed E-state index contributed by atoms with van der Waals surface area (Å²) in [5.74, 6) is -1.51. The first-order chi connectivity index (χ1) is 24.0. The van der Waals surface area contributed by atoms with E-state index < -0.39 is 23.7 Å². The molecule has 50 heavy (non-hydrogen) atoms. The lowest BCUT2D eigenvalue weighted by atomic mass is 9.99. The summed E-state index contributed by atoms with van der Waals surface area (Å²) in [6.45, 7) is 0. The summed E-state index contributed by atoms with van der Waals surface area (Å²) in [6.07, 6.45) is 8.80. The normalized spacial score (nSPS) is 24.9. The third-order valence-corrected chi connectivity index (χ3v) is 12.0. The van der Waals surface area contributed by atoms with Crippen molar-refractivity contribution in [3.63, 3.8) is 0 Å². The average molecular weight is 760 g/mol. The third kappa shape index (κ3) is 7.25. The van der Waals surface area contributed by atoms with Gasteiger partial charge in [-0.25, -0.2) is 18.7 Å². The predicted molar refractivity (Wildman–Crippen MR) is 186 cm³/mol. The number of nitrogens with zero attached hydrogens (tertiary/aromatic N) is 2. The molecule has 6 atom stereocenters. The monoisotopic (exact) mass is 758 g/mol. The van der Waals surface area contributed by atoms with Crippen molar-refractivity contribution in [3.05, 3.63) is 80.2 Å². The number of fused-ring (bicyclic) bond motifs is 2. The molecule has 4 aromatic rings. The molecule has 16 heteroatoms. The van der Waals surface area contributed by atoms with Crippen molar-refractivity contribution in [2.75, 3.05) is 0 Å². The van der Waals surface area contributed by atoms with E-state index in [4.69, 9.17) is 23.2 Å². The summed E-state index contributed by atoms with van der Waals surface area (Å²) >= 11 is 14.0. The quantitative estimate of drug-likeness (QED) is 0.190. The van der Waals surface area contributed by atoms with Crippen LogP contribution in [0.1, 0.15) is 57.9 Å². The zero-order chi connectivity index (χ0) is 35.1. The van der Waals surface area contributed by atoms with Crippen molar-refractivity contribution in [2.45, 2.75) is 62.7 Å². The molecule has 4 heterocycles. The molecule has 0 radical (unpaired) electrons.